The zero-order valence-electron chi connectivity index (χ0n) is 13.3. The summed E-state index contributed by atoms with van der Waals surface area (Å²) in [4.78, 5) is 30.1. The minimum atomic E-state index is -0.381. The number of carbonyl (C=O) groups excluding carboxylic acids is 1. The molecule has 0 saturated heterocycles. The van der Waals surface area contributed by atoms with E-state index in [9.17, 15) is 9.59 Å². The van der Waals surface area contributed by atoms with Gasteiger partial charge in [0.1, 0.15) is 0 Å². The van der Waals surface area contributed by atoms with E-state index in [0.717, 1.165) is 0 Å². The summed E-state index contributed by atoms with van der Waals surface area (Å²) in [5.41, 5.74) is 3.96. The molecule has 1 amide bonds. The summed E-state index contributed by atoms with van der Waals surface area (Å²) < 4.78 is 1.17. The van der Waals surface area contributed by atoms with Crippen molar-refractivity contribution >= 4 is 39.7 Å². The topological polar surface area (TPSA) is 64.0 Å². The van der Waals surface area contributed by atoms with Crippen molar-refractivity contribution < 1.29 is 4.79 Å². The number of rotatable bonds is 3. The maximum Gasteiger partial charge on any atom is 0.280 e. The van der Waals surface area contributed by atoms with Gasteiger partial charge in [-0.1, -0.05) is 35.9 Å². The minimum Gasteiger partial charge on any atom is -0.267 e. The highest BCUT2D eigenvalue weighted by Crippen LogP contribution is 2.21. The maximum atomic E-state index is 13.0. The van der Waals surface area contributed by atoms with Crippen LogP contribution >= 0.6 is 22.9 Å². The molecule has 0 aliphatic carbocycles. The monoisotopic (exact) mass is 381 g/mol. The van der Waals surface area contributed by atoms with Crippen LogP contribution in [0.5, 0.6) is 0 Å². The fraction of sp³-hybridized carbons (Fsp3) is 0. The summed E-state index contributed by atoms with van der Waals surface area (Å²) in [6, 6.07) is 15.7. The predicted octanol–water partition coefficient (Wildman–Crippen LogP) is 4.16. The number of fused-ring (bicyclic) bond motifs is 1. The van der Waals surface area contributed by atoms with Crippen LogP contribution in [0.1, 0.15) is 10.4 Å². The lowest BCUT2D eigenvalue weighted by molar-refractivity contribution is 0.101. The van der Waals surface area contributed by atoms with E-state index in [0.29, 0.717) is 32.9 Å². The van der Waals surface area contributed by atoms with E-state index in [4.69, 9.17) is 11.6 Å². The number of para-hydroxylation sites is 1. The Morgan fingerprint density at radius 1 is 1.12 bits per heavy atom. The summed E-state index contributed by atoms with van der Waals surface area (Å²) in [7, 11) is 0. The molecular weight excluding hydrogens is 370 g/mol. The van der Waals surface area contributed by atoms with Crippen molar-refractivity contribution in [1.29, 1.82) is 0 Å². The lowest BCUT2D eigenvalue weighted by Crippen LogP contribution is -2.35. The number of nitrogens with zero attached hydrogens (tertiary/aromatic N) is 2. The van der Waals surface area contributed by atoms with E-state index in [2.05, 4.69) is 10.4 Å². The Hall–Kier alpha value is -2.96. The molecule has 4 rings (SSSR count). The van der Waals surface area contributed by atoms with E-state index in [1.807, 2.05) is 6.07 Å². The zero-order chi connectivity index (χ0) is 18.1. The van der Waals surface area contributed by atoms with Gasteiger partial charge in [-0.25, -0.2) is 4.98 Å². The summed E-state index contributed by atoms with van der Waals surface area (Å²) in [5.74, 6) is -0.0616. The average Bonchev–Trinajstić information content (AvgIpc) is 3.19. The van der Waals surface area contributed by atoms with Gasteiger partial charge < -0.3 is 0 Å². The van der Waals surface area contributed by atoms with Crippen LogP contribution in [-0.2, 0) is 0 Å². The second-order valence-corrected chi connectivity index (χ2v) is 6.77. The Morgan fingerprint density at radius 2 is 1.96 bits per heavy atom. The first kappa shape index (κ1) is 16.5. The first-order chi connectivity index (χ1) is 12.6. The fourth-order valence-corrected chi connectivity index (χ4v) is 3.44. The average molecular weight is 382 g/mol. The zero-order valence-corrected chi connectivity index (χ0v) is 14.9. The Morgan fingerprint density at radius 3 is 2.73 bits per heavy atom. The van der Waals surface area contributed by atoms with E-state index in [1.165, 1.54) is 16.0 Å². The van der Waals surface area contributed by atoms with Crippen molar-refractivity contribution in [3.63, 3.8) is 0 Å². The highest BCUT2D eigenvalue weighted by Gasteiger charge is 2.16. The third-order valence-corrected chi connectivity index (χ3v) is 4.77. The van der Waals surface area contributed by atoms with Gasteiger partial charge in [-0.05, 0) is 35.7 Å². The SMILES string of the molecule is O=C(Nn1c(-c2cccc(Cl)c2)nc2ccccc2c1=O)c1ccsc1. The number of carbonyl (C=O) groups is 1. The van der Waals surface area contributed by atoms with Gasteiger partial charge in [0.05, 0.1) is 16.5 Å². The van der Waals surface area contributed by atoms with Crippen molar-refractivity contribution in [3.05, 3.63) is 86.3 Å². The van der Waals surface area contributed by atoms with Crippen LogP contribution in [0.2, 0.25) is 5.02 Å². The van der Waals surface area contributed by atoms with Crippen LogP contribution in [0, 0.1) is 0 Å². The molecule has 0 radical (unpaired) electrons. The van der Waals surface area contributed by atoms with Gasteiger partial charge >= 0.3 is 0 Å². The standard InChI is InChI=1S/C19H12ClN3O2S/c20-14-5-3-4-12(10-14)17-21-16-7-2-1-6-15(16)19(25)23(17)22-18(24)13-8-9-26-11-13/h1-11H,(H,22,24). The van der Waals surface area contributed by atoms with Gasteiger partial charge in [0.15, 0.2) is 5.82 Å². The molecule has 0 bridgehead atoms. The second-order valence-electron chi connectivity index (χ2n) is 5.56. The molecule has 26 heavy (non-hydrogen) atoms. The molecule has 4 aromatic rings. The molecule has 0 saturated carbocycles. The van der Waals surface area contributed by atoms with Gasteiger partial charge in [-0.15, -0.1) is 0 Å². The first-order valence-electron chi connectivity index (χ1n) is 7.75. The van der Waals surface area contributed by atoms with Crippen LogP contribution in [-0.4, -0.2) is 15.6 Å². The lowest BCUT2D eigenvalue weighted by atomic mass is 10.2. The minimum absolute atomic E-state index is 0.319. The molecule has 2 aromatic heterocycles. The molecule has 7 heteroatoms. The molecule has 0 aliphatic rings. The first-order valence-corrected chi connectivity index (χ1v) is 9.07. The summed E-state index contributed by atoms with van der Waals surface area (Å²) >= 11 is 7.50. The van der Waals surface area contributed by atoms with Crippen molar-refractivity contribution in [2.75, 3.05) is 5.43 Å². The quantitative estimate of drug-likeness (QED) is 0.579. The number of nitrogens with one attached hydrogen (secondary N) is 1. The molecule has 0 aliphatic heterocycles. The Labute approximate surface area is 157 Å². The molecule has 128 valence electrons. The van der Waals surface area contributed by atoms with E-state index >= 15 is 0 Å². The normalized spacial score (nSPS) is 10.8. The number of hydrogen-bond donors (Lipinski definition) is 1. The van der Waals surface area contributed by atoms with Crippen LogP contribution in [0.4, 0.5) is 0 Å². The summed E-state index contributed by atoms with van der Waals surface area (Å²) in [6.07, 6.45) is 0. The number of halogens is 1. The van der Waals surface area contributed by atoms with Gasteiger partial charge in [0.25, 0.3) is 11.5 Å². The number of hydrogen-bond acceptors (Lipinski definition) is 4. The third-order valence-electron chi connectivity index (χ3n) is 3.86. The Balaban J connectivity index is 1.94. The van der Waals surface area contributed by atoms with Crippen LogP contribution < -0.4 is 11.0 Å². The smallest absolute Gasteiger partial charge is 0.267 e. The Bertz CT molecular complexity index is 1170. The maximum absolute atomic E-state index is 13.0. The fourth-order valence-electron chi connectivity index (χ4n) is 2.62. The molecule has 2 aromatic carbocycles. The summed E-state index contributed by atoms with van der Waals surface area (Å²) in [6.45, 7) is 0. The van der Waals surface area contributed by atoms with Crippen molar-refractivity contribution in [3.8, 4) is 11.4 Å². The molecule has 2 heterocycles. The number of thiophene rings is 1. The van der Waals surface area contributed by atoms with E-state index < -0.39 is 0 Å². The third kappa shape index (κ3) is 3.00. The number of benzene rings is 2. The second kappa shape index (κ2) is 6.74. The van der Waals surface area contributed by atoms with Crippen LogP contribution in [0.3, 0.4) is 0 Å². The predicted molar refractivity (Wildman–Crippen MR) is 104 cm³/mol. The highest BCUT2D eigenvalue weighted by molar-refractivity contribution is 7.08. The van der Waals surface area contributed by atoms with Crippen LogP contribution in [0.25, 0.3) is 22.3 Å². The summed E-state index contributed by atoms with van der Waals surface area (Å²) in [5, 5.41) is 4.45. The van der Waals surface area contributed by atoms with Gasteiger partial charge in [-0.2, -0.15) is 16.0 Å². The van der Waals surface area contributed by atoms with Crippen LogP contribution in [0.15, 0.2) is 70.2 Å². The number of aromatic nitrogens is 2. The van der Waals surface area contributed by atoms with Crippen molar-refractivity contribution in [2.24, 2.45) is 0 Å². The lowest BCUT2D eigenvalue weighted by Gasteiger charge is -2.14. The molecule has 0 atom stereocenters. The molecule has 0 unspecified atom stereocenters. The molecule has 1 N–H and O–H groups in total. The molecule has 0 spiro atoms. The van der Waals surface area contributed by atoms with E-state index in [-0.39, 0.29) is 11.5 Å². The van der Waals surface area contributed by atoms with Gasteiger partial charge in [-0.3, -0.25) is 15.0 Å². The van der Waals surface area contributed by atoms with E-state index in [1.54, 1.807) is 59.3 Å². The van der Waals surface area contributed by atoms with Crippen molar-refractivity contribution in [1.82, 2.24) is 9.66 Å². The largest absolute Gasteiger partial charge is 0.280 e. The van der Waals surface area contributed by atoms with Crippen molar-refractivity contribution in [2.45, 2.75) is 0 Å². The number of amides is 1. The van der Waals surface area contributed by atoms with Gasteiger partial charge in [0, 0.05) is 16.0 Å². The van der Waals surface area contributed by atoms with Gasteiger partial charge in [0.2, 0.25) is 0 Å². The molecule has 0 fully saturated rings. The Kier molecular flexibility index (Phi) is 4.28. The molecular formula is C19H12ClN3O2S. The molecule has 5 nitrogen and oxygen atoms in total. The highest BCUT2D eigenvalue weighted by atomic mass is 35.5.